The van der Waals surface area contributed by atoms with Gasteiger partial charge in [0.2, 0.25) is 5.91 Å². The average molecular weight is 360 g/mol. The van der Waals surface area contributed by atoms with Crippen LogP contribution in [0.2, 0.25) is 5.02 Å². The molecule has 8 heteroatoms. The number of thioether (sulfide) groups is 2. The number of nitrogens with zero attached hydrogens (tertiary/aromatic N) is 2. The first kappa shape index (κ1) is 16.6. The van der Waals surface area contributed by atoms with Crippen LogP contribution in [0.3, 0.4) is 0 Å². The van der Waals surface area contributed by atoms with Gasteiger partial charge in [0.15, 0.2) is 8.68 Å². The lowest BCUT2D eigenvalue weighted by atomic mass is 10.2. The minimum Gasteiger partial charge on any atom is -0.325 e. The van der Waals surface area contributed by atoms with Crippen LogP contribution in [0.25, 0.3) is 0 Å². The second-order valence-corrected chi connectivity index (χ2v) is 8.23. The highest BCUT2D eigenvalue weighted by Gasteiger charge is 2.18. The van der Waals surface area contributed by atoms with Crippen LogP contribution in [0.4, 0.5) is 5.69 Å². The van der Waals surface area contributed by atoms with Crippen molar-refractivity contribution in [1.82, 2.24) is 10.2 Å². The number of hydrogen-bond donors (Lipinski definition) is 1. The van der Waals surface area contributed by atoms with Crippen molar-refractivity contribution in [1.29, 1.82) is 0 Å². The molecule has 1 atom stereocenters. The van der Waals surface area contributed by atoms with E-state index in [9.17, 15) is 4.79 Å². The number of carbonyl (C=O) groups is 1. The molecule has 4 nitrogen and oxygen atoms in total. The first-order valence-corrected chi connectivity index (χ1v) is 9.41. The van der Waals surface area contributed by atoms with E-state index in [0.717, 1.165) is 19.9 Å². The van der Waals surface area contributed by atoms with Crippen molar-refractivity contribution in [3.63, 3.8) is 0 Å². The molecule has 0 aliphatic heterocycles. The van der Waals surface area contributed by atoms with Crippen LogP contribution in [0.15, 0.2) is 26.9 Å². The summed E-state index contributed by atoms with van der Waals surface area (Å²) in [6, 6.07) is 5.46. The zero-order valence-corrected chi connectivity index (χ0v) is 14.9. The SMILES string of the molecule is CSc1nnc(S[C@@H](C)C(=O)Nc2cccc(Cl)c2C)s1. The summed E-state index contributed by atoms with van der Waals surface area (Å²) in [5.41, 5.74) is 1.60. The Kier molecular flexibility index (Phi) is 5.92. The van der Waals surface area contributed by atoms with Crippen LogP contribution >= 0.6 is 46.5 Å². The Morgan fingerprint density at radius 3 is 2.76 bits per heavy atom. The lowest BCUT2D eigenvalue weighted by Gasteiger charge is -2.12. The van der Waals surface area contributed by atoms with Crippen molar-refractivity contribution in [2.24, 2.45) is 0 Å². The van der Waals surface area contributed by atoms with E-state index in [-0.39, 0.29) is 11.2 Å². The Labute approximate surface area is 141 Å². The second-order valence-electron chi connectivity index (χ2n) is 4.20. The largest absolute Gasteiger partial charge is 0.325 e. The van der Waals surface area contributed by atoms with Crippen molar-refractivity contribution >= 4 is 58.1 Å². The van der Waals surface area contributed by atoms with Gasteiger partial charge in [-0.1, -0.05) is 52.5 Å². The zero-order chi connectivity index (χ0) is 15.4. The van der Waals surface area contributed by atoms with Crippen LogP contribution in [0.1, 0.15) is 12.5 Å². The van der Waals surface area contributed by atoms with Gasteiger partial charge < -0.3 is 5.32 Å². The third kappa shape index (κ3) is 4.35. The van der Waals surface area contributed by atoms with E-state index in [1.165, 1.54) is 23.1 Å². The Hall–Kier alpha value is -0.760. The van der Waals surface area contributed by atoms with Crippen molar-refractivity contribution in [2.75, 3.05) is 11.6 Å². The molecule has 0 saturated carbocycles. The fourth-order valence-corrected chi connectivity index (χ4v) is 4.27. The van der Waals surface area contributed by atoms with Gasteiger partial charge in [0.05, 0.1) is 5.25 Å². The molecular weight excluding hydrogens is 346 g/mol. The topological polar surface area (TPSA) is 54.9 Å². The number of hydrogen-bond acceptors (Lipinski definition) is 6. The summed E-state index contributed by atoms with van der Waals surface area (Å²) in [4.78, 5) is 12.2. The summed E-state index contributed by atoms with van der Waals surface area (Å²) in [5.74, 6) is -0.0775. The molecule has 1 heterocycles. The summed E-state index contributed by atoms with van der Waals surface area (Å²) in [6.45, 7) is 3.73. The van der Waals surface area contributed by atoms with Crippen molar-refractivity contribution in [3.05, 3.63) is 28.8 Å². The van der Waals surface area contributed by atoms with E-state index in [0.29, 0.717) is 5.02 Å². The molecule has 1 aromatic carbocycles. The van der Waals surface area contributed by atoms with Gasteiger partial charge in [-0.15, -0.1) is 10.2 Å². The minimum atomic E-state index is -0.258. The molecular formula is C13H14ClN3OS3. The highest BCUT2D eigenvalue weighted by molar-refractivity contribution is 8.03. The minimum absolute atomic E-state index is 0.0775. The predicted octanol–water partition coefficient (Wildman–Crippen LogP) is 4.34. The standard InChI is InChI=1S/C13H14ClN3OS3/c1-7-9(14)5-4-6-10(7)15-11(18)8(2)20-13-17-16-12(19-3)21-13/h4-6,8H,1-3H3,(H,15,18)/t8-/m0/s1. The molecule has 0 fully saturated rings. The summed E-state index contributed by atoms with van der Waals surface area (Å²) in [6.07, 6.45) is 1.95. The molecule has 0 aliphatic carbocycles. The van der Waals surface area contributed by atoms with Crippen LogP contribution in [0, 0.1) is 6.92 Å². The summed E-state index contributed by atoms with van der Waals surface area (Å²) >= 11 is 10.5. The Morgan fingerprint density at radius 2 is 2.10 bits per heavy atom. The van der Waals surface area contributed by atoms with E-state index < -0.39 is 0 Å². The number of aromatic nitrogens is 2. The monoisotopic (exact) mass is 359 g/mol. The van der Waals surface area contributed by atoms with Crippen LogP contribution in [0.5, 0.6) is 0 Å². The highest BCUT2D eigenvalue weighted by atomic mass is 35.5. The number of benzene rings is 1. The smallest absolute Gasteiger partial charge is 0.237 e. The molecule has 0 spiro atoms. The quantitative estimate of drug-likeness (QED) is 0.804. The third-order valence-corrected chi connectivity index (χ3v) is 6.23. The van der Waals surface area contributed by atoms with E-state index >= 15 is 0 Å². The van der Waals surface area contributed by atoms with E-state index in [1.807, 2.05) is 32.2 Å². The maximum Gasteiger partial charge on any atom is 0.237 e. The van der Waals surface area contributed by atoms with Gasteiger partial charge in [-0.25, -0.2) is 0 Å². The van der Waals surface area contributed by atoms with Gasteiger partial charge in [-0.2, -0.15) is 0 Å². The normalized spacial score (nSPS) is 12.2. The van der Waals surface area contributed by atoms with E-state index in [2.05, 4.69) is 15.5 Å². The van der Waals surface area contributed by atoms with Gasteiger partial charge in [-0.3, -0.25) is 4.79 Å². The van der Waals surface area contributed by atoms with Gasteiger partial charge in [0.25, 0.3) is 0 Å². The maximum atomic E-state index is 12.2. The first-order valence-electron chi connectivity index (χ1n) is 6.11. The fraction of sp³-hybridized carbons (Fsp3) is 0.308. The number of amides is 1. The lowest BCUT2D eigenvalue weighted by Crippen LogP contribution is -2.22. The molecule has 1 N–H and O–H groups in total. The van der Waals surface area contributed by atoms with E-state index in [4.69, 9.17) is 11.6 Å². The molecule has 21 heavy (non-hydrogen) atoms. The third-order valence-electron chi connectivity index (χ3n) is 2.73. The van der Waals surface area contributed by atoms with E-state index in [1.54, 1.807) is 17.8 Å². The Balaban J connectivity index is 2.00. The zero-order valence-electron chi connectivity index (χ0n) is 11.7. The molecule has 0 radical (unpaired) electrons. The van der Waals surface area contributed by atoms with Gasteiger partial charge in [0.1, 0.15) is 0 Å². The fourth-order valence-electron chi connectivity index (χ4n) is 1.51. The van der Waals surface area contributed by atoms with Crippen molar-refractivity contribution in [3.8, 4) is 0 Å². The summed E-state index contributed by atoms with van der Waals surface area (Å²) in [5, 5.41) is 11.4. The molecule has 0 saturated heterocycles. The Bertz CT molecular complexity index is 647. The van der Waals surface area contributed by atoms with Crippen molar-refractivity contribution in [2.45, 2.75) is 27.8 Å². The lowest BCUT2D eigenvalue weighted by molar-refractivity contribution is -0.115. The maximum absolute atomic E-state index is 12.2. The number of carbonyl (C=O) groups excluding carboxylic acids is 1. The Morgan fingerprint density at radius 1 is 1.38 bits per heavy atom. The highest BCUT2D eigenvalue weighted by Crippen LogP contribution is 2.31. The number of halogens is 1. The molecule has 1 amide bonds. The predicted molar refractivity (Wildman–Crippen MR) is 91.8 cm³/mol. The van der Waals surface area contributed by atoms with Gasteiger partial charge in [-0.05, 0) is 37.8 Å². The molecule has 0 bridgehead atoms. The first-order chi connectivity index (χ1) is 10.0. The molecule has 1 aromatic heterocycles. The van der Waals surface area contributed by atoms with Gasteiger partial charge in [0, 0.05) is 10.7 Å². The molecule has 2 rings (SSSR count). The molecule has 0 aliphatic rings. The molecule has 0 unspecified atom stereocenters. The summed E-state index contributed by atoms with van der Waals surface area (Å²) < 4.78 is 1.70. The average Bonchev–Trinajstić information content (AvgIpc) is 2.91. The van der Waals surface area contributed by atoms with Gasteiger partial charge >= 0.3 is 0 Å². The van der Waals surface area contributed by atoms with Crippen LogP contribution in [-0.4, -0.2) is 27.6 Å². The molecule has 2 aromatic rings. The summed E-state index contributed by atoms with van der Waals surface area (Å²) in [7, 11) is 0. The van der Waals surface area contributed by atoms with Crippen LogP contribution < -0.4 is 5.32 Å². The second kappa shape index (κ2) is 7.49. The number of nitrogens with one attached hydrogen (secondary N) is 1. The number of anilines is 1. The van der Waals surface area contributed by atoms with Crippen LogP contribution in [-0.2, 0) is 4.79 Å². The van der Waals surface area contributed by atoms with Crippen molar-refractivity contribution < 1.29 is 4.79 Å². The number of rotatable bonds is 5. The molecule has 112 valence electrons.